The highest BCUT2D eigenvalue weighted by molar-refractivity contribution is 14.1. The average molecular weight is 540 g/mol. The van der Waals surface area contributed by atoms with Crippen LogP contribution in [-0.2, 0) is 11.2 Å². The number of carbonyl (C=O) groups excluding carboxylic acids is 1. The van der Waals surface area contributed by atoms with Gasteiger partial charge in [-0.2, -0.15) is 0 Å². The third kappa shape index (κ3) is 2.59. The second-order valence-corrected chi connectivity index (χ2v) is 6.61. The molecule has 1 aromatic carbocycles. The van der Waals surface area contributed by atoms with Crippen molar-refractivity contribution in [1.29, 1.82) is 0 Å². The molecule has 1 aliphatic heterocycles. The number of halogens is 3. The van der Waals surface area contributed by atoms with Crippen LogP contribution in [0.1, 0.15) is 18.4 Å². The monoisotopic (exact) mass is 540 g/mol. The Balaban J connectivity index is 2.57. The number of ether oxygens (including phenoxy) is 1. The van der Waals surface area contributed by atoms with E-state index in [1.807, 2.05) is 6.07 Å². The van der Waals surface area contributed by atoms with Crippen molar-refractivity contribution in [1.82, 2.24) is 0 Å². The van der Waals surface area contributed by atoms with Gasteiger partial charge in [0.25, 0.3) is 0 Å². The normalized spacial score (nSPS) is 15.5. The highest BCUT2D eigenvalue weighted by Crippen LogP contribution is 2.34. The minimum Gasteiger partial charge on any atom is -0.426 e. The van der Waals surface area contributed by atoms with Crippen LogP contribution in [0.5, 0.6) is 5.75 Å². The minimum atomic E-state index is -0.110. The lowest BCUT2D eigenvalue weighted by atomic mass is 10.1. The number of hydrogen-bond acceptors (Lipinski definition) is 2. The molecule has 2 nitrogen and oxygen atoms in total. The summed E-state index contributed by atoms with van der Waals surface area (Å²) in [5.74, 6) is 0.647. The van der Waals surface area contributed by atoms with Gasteiger partial charge >= 0.3 is 5.97 Å². The van der Waals surface area contributed by atoms with Gasteiger partial charge in [0.15, 0.2) is 0 Å². The maximum Gasteiger partial charge on any atom is 0.311 e. The second-order valence-electron chi connectivity index (χ2n) is 3.29. The van der Waals surface area contributed by atoms with Crippen molar-refractivity contribution in [3.8, 4) is 5.75 Å². The van der Waals surface area contributed by atoms with Gasteiger partial charge in [-0.05, 0) is 86.7 Å². The van der Waals surface area contributed by atoms with E-state index in [2.05, 4.69) is 67.8 Å². The van der Waals surface area contributed by atoms with Crippen molar-refractivity contribution < 1.29 is 9.53 Å². The lowest BCUT2D eigenvalue weighted by Gasteiger charge is -2.10. The third-order valence-electron chi connectivity index (χ3n) is 2.25. The molecule has 1 aliphatic rings. The van der Waals surface area contributed by atoms with Crippen LogP contribution in [0, 0.1) is 10.7 Å². The van der Waals surface area contributed by atoms with Crippen molar-refractivity contribution in [2.45, 2.75) is 19.3 Å². The summed E-state index contributed by atoms with van der Waals surface area (Å²) in [6, 6.07) is 1.96. The van der Waals surface area contributed by atoms with Crippen molar-refractivity contribution in [3.63, 3.8) is 0 Å². The highest BCUT2D eigenvalue weighted by atomic mass is 127. The Morgan fingerprint density at radius 2 is 1.87 bits per heavy atom. The summed E-state index contributed by atoms with van der Waals surface area (Å²) < 4.78 is 8.95. The molecule has 0 aliphatic carbocycles. The molecule has 15 heavy (non-hydrogen) atoms. The molecule has 0 amide bonds. The first-order valence-corrected chi connectivity index (χ1v) is 7.70. The Hall–Kier alpha value is 0.880. The largest absolute Gasteiger partial charge is 0.426 e. The molecule has 1 heterocycles. The molecule has 0 atom stereocenters. The molecule has 0 bridgehead atoms. The van der Waals surface area contributed by atoms with E-state index < -0.39 is 0 Å². The summed E-state index contributed by atoms with van der Waals surface area (Å²) >= 11 is 6.94. The fraction of sp³-hybridized carbons (Fsp3) is 0.300. The van der Waals surface area contributed by atoms with E-state index in [9.17, 15) is 4.79 Å². The third-order valence-corrected chi connectivity index (χ3v) is 7.48. The van der Waals surface area contributed by atoms with E-state index in [0.29, 0.717) is 6.42 Å². The smallest absolute Gasteiger partial charge is 0.311 e. The maximum atomic E-state index is 11.3. The van der Waals surface area contributed by atoms with Crippen LogP contribution in [0.25, 0.3) is 0 Å². The molecule has 0 spiro atoms. The van der Waals surface area contributed by atoms with Gasteiger partial charge in [-0.15, -0.1) is 0 Å². The number of rotatable bonds is 0. The molecular formula is C10H7I3O2. The molecule has 0 aromatic heterocycles. The highest BCUT2D eigenvalue weighted by Gasteiger charge is 2.20. The Labute approximate surface area is 129 Å². The summed E-state index contributed by atoms with van der Waals surface area (Å²) in [5, 5.41) is 0. The van der Waals surface area contributed by atoms with Crippen LogP contribution in [0.2, 0.25) is 0 Å². The lowest BCUT2D eigenvalue weighted by molar-refractivity contribution is -0.134. The summed E-state index contributed by atoms with van der Waals surface area (Å²) in [4.78, 5) is 11.3. The topological polar surface area (TPSA) is 26.3 Å². The number of hydrogen-bond donors (Lipinski definition) is 0. The Kier molecular flexibility index (Phi) is 4.14. The average Bonchev–Trinajstić information content (AvgIpc) is 2.36. The van der Waals surface area contributed by atoms with Crippen LogP contribution in [0.4, 0.5) is 0 Å². The molecular weight excluding hydrogens is 533 g/mol. The molecule has 1 aromatic rings. The minimum absolute atomic E-state index is 0.110. The Morgan fingerprint density at radius 3 is 2.60 bits per heavy atom. The zero-order chi connectivity index (χ0) is 11.0. The van der Waals surface area contributed by atoms with E-state index >= 15 is 0 Å². The molecule has 80 valence electrons. The van der Waals surface area contributed by atoms with Gasteiger partial charge in [0, 0.05) is 22.7 Å². The zero-order valence-electron chi connectivity index (χ0n) is 7.65. The zero-order valence-corrected chi connectivity index (χ0v) is 14.1. The van der Waals surface area contributed by atoms with Crippen molar-refractivity contribution in [3.05, 3.63) is 22.3 Å². The van der Waals surface area contributed by atoms with E-state index in [0.717, 1.165) is 22.2 Å². The standard InChI is InChI=1S/C10H7I3O2/c11-6-4-7-5(9(12)10(6)13)2-1-3-8(14)15-7/h4H,1-3H2. The molecule has 0 fully saturated rings. The van der Waals surface area contributed by atoms with E-state index in [1.54, 1.807) is 0 Å². The molecule has 0 unspecified atom stereocenters. The summed E-state index contributed by atoms with van der Waals surface area (Å²) in [6.07, 6.45) is 2.35. The van der Waals surface area contributed by atoms with Crippen LogP contribution in [0.3, 0.4) is 0 Å². The van der Waals surface area contributed by atoms with Crippen molar-refractivity contribution >= 4 is 73.7 Å². The first-order chi connectivity index (χ1) is 7.09. The van der Waals surface area contributed by atoms with Crippen LogP contribution in [0.15, 0.2) is 6.07 Å². The summed E-state index contributed by atoms with van der Waals surface area (Å²) in [5.41, 5.74) is 1.19. The fourth-order valence-electron chi connectivity index (χ4n) is 1.52. The summed E-state index contributed by atoms with van der Waals surface area (Å²) in [6.45, 7) is 0. The lowest BCUT2D eigenvalue weighted by Crippen LogP contribution is -2.06. The van der Waals surface area contributed by atoms with Crippen molar-refractivity contribution in [2.75, 3.05) is 0 Å². The Morgan fingerprint density at radius 1 is 1.13 bits per heavy atom. The van der Waals surface area contributed by atoms with Gasteiger partial charge in [-0.25, -0.2) is 0 Å². The molecule has 0 N–H and O–H groups in total. The Bertz CT molecular complexity index is 429. The SMILES string of the molecule is O=C1CCCc2c(cc(I)c(I)c2I)O1. The number of fused-ring (bicyclic) bond motifs is 1. The number of carbonyl (C=O) groups is 1. The van der Waals surface area contributed by atoms with Gasteiger partial charge in [0.05, 0.1) is 0 Å². The quantitative estimate of drug-likeness (QED) is 0.217. The molecule has 2 rings (SSSR count). The van der Waals surface area contributed by atoms with E-state index in [-0.39, 0.29) is 5.97 Å². The van der Waals surface area contributed by atoms with Crippen LogP contribution in [-0.4, -0.2) is 5.97 Å². The molecule has 0 radical (unpaired) electrons. The fourth-order valence-corrected chi connectivity index (χ4v) is 3.89. The predicted molar refractivity (Wildman–Crippen MR) is 83.2 cm³/mol. The predicted octanol–water partition coefficient (Wildman–Crippen LogP) is 3.74. The van der Waals surface area contributed by atoms with Crippen LogP contribution < -0.4 is 4.74 Å². The van der Waals surface area contributed by atoms with Gasteiger partial charge < -0.3 is 4.74 Å². The summed E-state index contributed by atoms with van der Waals surface area (Å²) in [7, 11) is 0. The first kappa shape index (κ1) is 12.3. The molecule has 0 saturated carbocycles. The first-order valence-electron chi connectivity index (χ1n) is 4.46. The van der Waals surface area contributed by atoms with Gasteiger partial charge in [-0.3, -0.25) is 4.79 Å². The van der Waals surface area contributed by atoms with E-state index in [4.69, 9.17) is 4.74 Å². The van der Waals surface area contributed by atoms with Crippen LogP contribution >= 0.6 is 67.8 Å². The van der Waals surface area contributed by atoms with Gasteiger partial charge in [-0.1, -0.05) is 0 Å². The molecule has 0 saturated heterocycles. The van der Waals surface area contributed by atoms with Gasteiger partial charge in [0.1, 0.15) is 5.75 Å². The van der Waals surface area contributed by atoms with Gasteiger partial charge in [0.2, 0.25) is 0 Å². The van der Waals surface area contributed by atoms with E-state index in [1.165, 1.54) is 12.7 Å². The second kappa shape index (κ2) is 5.03. The number of benzene rings is 1. The maximum absolute atomic E-state index is 11.3. The number of esters is 1. The van der Waals surface area contributed by atoms with Crippen molar-refractivity contribution in [2.24, 2.45) is 0 Å². The molecule has 5 heteroatoms.